The number of methoxy groups -OCH3 is 1. The number of amides is 1. The molecule has 1 fully saturated rings. The molecule has 2 rings (SSSR count). The summed E-state index contributed by atoms with van der Waals surface area (Å²) < 4.78 is 29.4. The molecule has 0 radical (unpaired) electrons. The highest BCUT2D eigenvalue weighted by Crippen LogP contribution is 2.16. The summed E-state index contributed by atoms with van der Waals surface area (Å²) in [6.07, 6.45) is 1.03. The number of anilines is 1. The van der Waals surface area contributed by atoms with Gasteiger partial charge in [0, 0.05) is 37.9 Å². The Morgan fingerprint density at radius 2 is 1.96 bits per heavy atom. The first kappa shape index (κ1) is 17.4. The van der Waals surface area contributed by atoms with Gasteiger partial charge in [-0.15, -0.1) is 0 Å². The number of hydrogen-bond donors (Lipinski definition) is 1. The van der Waals surface area contributed by atoms with E-state index in [1.165, 1.54) is 0 Å². The normalized spacial score (nSPS) is 15.6. The highest BCUT2D eigenvalue weighted by molar-refractivity contribution is 7.88. The Kier molecular flexibility index (Phi) is 5.37. The Morgan fingerprint density at radius 1 is 1.30 bits per heavy atom. The third-order valence-corrected chi connectivity index (χ3v) is 4.10. The number of nitrogens with zero attached hydrogens (tertiary/aromatic N) is 4. The quantitative estimate of drug-likeness (QED) is 0.730. The van der Waals surface area contributed by atoms with Crippen molar-refractivity contribution < 1.29 is 17.9 Å². The molecule has 0 bridgehead atoms. The highest BCUT2D eigenvalue weighted by atomic mass is 32.2. The zero-order valence-corrected chi connectivity index (χ0v) is 14.3. The average Bonchev–Trinajstić information content (AvgIpc) is 2.51. The SMILES string of the molecule is COc1cc(C)nc(N2CCN(C(=O)CNS(C)(=O)=O)CC2)n1. The fraction of sp³-hybridized carbons (Fsp3) is 0.615. The van der Waals surface area contributed by atoms with E-state index in [4.69, 9.17) is 4.74 Å². The third-order valence-electron chi connectivity index (χ3n) is 3.43. The molecule has 10 heteroatoms. The van der Waals surface area contributed by atoms with E-state index in [1.54, 1.807) is 18.1 Å². The van der Waals surface area contributed by atoms with Crippen LogP contribution in [0.25, 0.3) is 0 Å². The van der Waals surface area contributed by atoms with E-state index in [0.717, 1.165) is 11.9 Å². The summed E-state index contributed by atoms with van der Waals surface area (Å²) in [5.74, 6) is 0.837. The van der Waals surface area contributed by atoms with Crippen molar-refractivity contribution in [3.63, 3.8) is 0 Å². The minimum absolute atomic E-state index is 0.215. The van der Waals surface area contributed by atoms with Crippen LogP contribution in [0.2, 0.25) is 0 Å². The average molecular weight is 343 g/mol. The zero-order valence-electron chi connectivity index (χ0n) is 13.4. The first-order valence-electron chi connectivity index (χ1n) is 7.15. The number of ether oxygens (including phenoxy) is 1. The molecule has 0 aliphatic carbocycles. The molecule has 2 heterocycles. The van der Waals surface area contributed by atoms with Crippen LogP contribution in [0.5, 0.6) is 5.88 Å². The molecule has 0 spiro atoms. The van der Waals surface area contributed by atoms with Gasteiger partial charge in [0.25, 0.3) is 0 Å². The Balaban J connectivity index is 1.93. The molecule has 0 unspecified atom stereocenters. The number of rotatable bonds is 5. The van der Waals surface area contributed by atoms with Crippen LogP contribution in [0.15, 0.2) is 6.07 Å². The minimum Gasteiger partial charge on any atom is -0.481 e. The molecule has 23 heavy (non-hydrogen) atoms. The summed E-state index contributed by atoms with van der Waals surface area (Å²) >= 11 is 0. The topological polar surface area (TPSA) is 105 Å². The number of piperazine rings is 1. The number of carbonyl (C=O) groups excluding carboxylic acids is 1. The summed E-state index contributed by atoms with van der Waals surface area (Å²) in [4.78, 5) is 24.3. The van der Waals surface area contributed by atoms with Crippen molar-refractivity contribution in [2.75, 3.05) is 51.0 Å². The predicted octanol–water partition coefficient (Wildman–Crippen LogP) is -1.01. The fourth-order valence-electron chi connectivity index (χ4n) is 2.23. The summed E-state index contributed by atoms with van der Waals surface area (Å²) in [5, 5.41) is 0. The minimum atomic E-state index is -3.37. The van der Waals surface area contributed by atoms with E-state index in [1.807, 2.05) is 11.8 Å². The summed E-state index contributed by atoms with van der Waals surface area (Å²) in [6, 6.07) is 1.75. The Bertz CT molecular complexity index is 671. The molecule has 1 saturated heterocycles. The van der Waals surface area contributed by atoms with Gasteiger partial charge in [0.05, 0.1) is 19.9 Å². The zero-order chi connectivity index (χ0) is 17.0. The van der Waals surface area contributed by atoms with Gasteiger partial charge in [-0.25, -0.2) is 18.1 Å². The van der Waals surface area contributed by atoms with Crippen LogP contribution in [-0.2, 0) is 14.8 Å². The molecule has 0 atom stereocenters. The fourth-order valence-corrected chi connectivity index (χ4v) is 2.62. The first-order chi connectivity index (χ1) is 10.8. The summed E-state index contributed by atoms with van der Waals surface area (Å²) in [6.45, 7) is 3.79. The molecule has 1 N–H and O–H groups in total. The second kappa shape index (κ2) is 7.09. The highest BCUT2D eigenvalue weighted by Gasteiger charge is 2.23. The molecule has 0 saturated carbocycles. The molecule has 1 aromatic rings. The molecule has 0 aromatic carbocycles. The lowest BCUT2D eigenvalue weighted by Crippen LogP contribution is -2.51. The number of aryl methyl sites for hydroxylation is 1. The summed E-state index contributed by atoms with van der Waals surface area (Å²) in [7, 11) is -1.81. The van der Waals surface area contributed by atoms with Gasteiger partial charge in [0.15, 0.2) is 0 Å². The van der Waals surface area contributed by atoms with Gasteiger partial charge in [-0.05, 0) is 6.92 Å². The van der Waals surface area contributed by atoms with Crippen LogP contribution in [0.4, 0.5) is 5.95 Å². The van der Waals surface area contributed by atoms with Crippen LogP contribution >= 0.6 is 0 Å². The van der Waals surface area contributed by atoms with Crippen molar-refractivity contribution in [3.8, 4) is 5.88 Å². The number of sulfonamides is 1. The standard InChI is InChI=1S/C13H21N5O4S/c1-10-8-11(22-2)16-13(15-10)18-6-4-17(5-7-18)12(19)9-14-23(3,20)21/h8,14H,4-7,9H2,1-3H3. The van der Waals surface area contributed by atoms with Crippen molar-refractivity contribution >= 4 is 21.9 Å². The van der Waals surface area contributed by atoms with Crippen LogP contribution in [0.3, 0.4) is 0 Å². The van der Waals surface area contributed by atoms with Crippen molar-refractivity contribution in [1.29, 1.82) is 0 Å². The predicted molar refractivity (Wildman–Crippen MR) is 85.0 cm³/mol. The Morgan fingerprint density at radius 3 is 2.52 bits per heavy atom. The third kappa shape index (κ3) is 5.03. The molecule has 1 amide bonds. The maximum absolute atomic E-state index is 12.0. The van der Waals surface area contributed by atoms with Gasteiger partial charge in [-0.3, -0.25) is 4.79 Å². The van der Waals surface area contributed by atoms with E-state index in [2.05, 4.69) is 14.7 Å². The van der Waals surface area contributed by atoms with Gasteiger partial charge in [-0.1, -0.05) is 0 Å². The van der Waals surface area contributed by atoms with E-state index in [9.17, 15) is 13.2 Å². The largest absolute Gasteiger partial charge is 0.481 e. The molecule has 9 nitrogen and oxygen atoms in total. The second-order valence-corrected chi connectivity index (χ2v) is 7.15. The van der Waals surface area contributed by atoms with E-state index in [-0.39, 0.29) is 12.5 Å². The molecular formula is C13H21N5O4S. The van der Waals surface area contributed by atoms with E-state index < -0.39 is 10.0 Å². The van der Waals surface area contributed by atoms with Crippen LogP contribution in [0, 0.1) is 6.92 Å². The smallest absolute Gasteiger partial charge is 0.237 e. The van der Waals surface area contributed by atoms with Gasteiger partial charge in [0.2, 0.25) is 27.8 Å². The molecule has 1 aliphatic heterocycles. The first-order valence-corrected chi connectivity index (χ1v) is 9.04. The second-order valence-electron chi connectivity index (χ2n) is 5.31. The number of carbonyl (C=O) groups is 1. The molecule has 1 aliphatic rings. The number of nitrogens with one attached hydrogen (secondary N) is 1. The van der Waals surface area contributed by atoms with Crippen LogP contribution < -0.4 is 14.4 Å². The lowest BCUT2D eigenvalue weighted by molar-refractivity contribution is -0.130. The van der Waals surface area contributed by atoms with Gasteiger partial charge < -0.3 is 14.5 Å². The van der Waals surface area contributed by atoms with Crippen molar-refractivity contribution in [2.45, 2.75) is 6.92 Å². The number of hydrogen-bond acceptors (Lipinski definition) is 7. The Labute approximate surface area is 135 Å². The summed E-state index contributed by atoms with van der Waals surface area (Å²) in [5.41, 5.74) is 0.808. The lowest BCUT2D eigenvalue weighted by atomic mass is 10.3. The maximum Gasteiger partial charge on any atom is 0.237 e. The number of aromatic nitrogens is 2. The maximum atomic E-state index is 12.0. The molecular weight excluding hydrogens is 322 g/mol. The lowest BCUT2D eigenvalue weighted by Gasteiger charge is -2.34. The molecule has 128 valence electrons. The Hall–Kier alpha value is -1.94. The van der Waals surface area contributed by atoms with Crippen LogP contribution in [0.1, 0.15) is 5.69 Å². The van der Waals surface area contributed by atoms with Crippen molar-refractivity contribution in [1.82, 2.24) is 19.6 Å². The van der Waals surface area contributed by atoms with Gasteiger partial charge in [-0.2, -0.15) is 4.98 Å². The van der Waals surface area contributed by atoms with Crippen molar-refractivity contribution in [2.24, 2.45) is 0 Å². The monoisotopic (exact) mass is 343 g/mol. The van der Waals surface area contributed by atoms with Crippen LogP contribution in [-0.4, -0.2) is 75.3 Å². The van der Waals surface area contributed by atoms with Gasteiger partial charge in [0.1, 0.15) is 0 Å². The molecule has 1 aromatic heterocycles. The van der Waals surface area contributed by atoms with Gasteiger partial charge >= 0.3 is 0 Å². The van der Waals surface area contributed by atoms with Crippen molar-refractivity contribution in [3.05, 3.63) is 11.8 Å². The van der Waals surface area contributed by atoms with E-state index >= 15 is 0 Å². The van der Waals surface area contributed by atoms with E-state index in [0.29, 0.717) is 38.0 Å².